The number of methoxy groups -OCH3 is 1. The number of hydrogen-bond acceptors (Lipinski definition) is 5. The molecule has 0 atom stereocenters. The molecule has 8 heteroatoms. The van der Waals surface area contributed by atoms with Crippen molar-refractivity contribution in [1.29, 1.82) is 0 Å². The van der Waals surface area contributed by atoms with Crippen LogP contribution in [0.5, 0.6) is 0 Å². The van der Waals surface area contributed by atoms with Gasteiger partial charge < -0.3 is 4.74 Å². The van der Waals surface area contributed by atoms with E-state index in [0.29, 0.717) is 16.9 Å². The molecule has 6 nitrogen and oxygen atoms in total. The highest BCUT2D eigenvalue weighted by molar-refractivity contribution is 6.29. The Morgan fingerprint density at radius 2 is 2.14 bits per heavy atom. The first-order valence-electron chi connectivity index (χ1n) is 5.86. The molecule has 0 amide bonds. The third kappa shape index (κ3) is 2.31. The van der Waals surface area contributed by atoms with Crippen molar-refractivity contribution in [3.8, 4) is 5.69 Å². The Hall–Kier alpha value is -2.54. The summed E-state index contributed by atoms with van der Waals surface area (Å²) in [6.07, 6.45) is 0. The summed E-state index contributed by atoms with van der Waals surface area (Å²) in [6, 6.07) is 7.24. The molecule has 1 aromatic carbocycles. The topological polar surface area (TPSA) is 69.9 Å². The van der Waals surface area contributed by atoms with Gasteiger partial charge in [-0.05, 0) is 24.3 Å². The fourth-order valence-corrected chi connectivity index (χ4v) is 2.02. The second-order valence-electron chi connectivity index (χ2n) is 4.13. The lowest BCUT2D eigenvalue weighted by atomic mass is 10.2. The van der Waals surface area contributed by atoms with Gasteiger partial charge in [0.2, 0.25) is 0 Å². The molecular weight excluding hydrogens is 299 g/mol. The molecule has 3 aromatic rings. The molecule has 0 radical (unpaired) electrons. The molecule has 0 saturated carbocycles. The predicted octanol–water partition coefficient (Wildman–Crippen LogP) is 2.39. The Labute approximate surface area is 123 Å². The molecular formula is C13H8ClFN4O2. The van der Waals surface area contributed by atoms with Crippen molar-refractivity contribution in [1.82, 2.24) is 20.0 Å². The zero-order valence-electron chi connectivity index (χ0n) is 10.7. The number of aromatic nitrogens is 4. The molecule has 0 aliphatic rings. The summed E-state index contributed by atoms with van der Waals surface area (Å²) in [7, 11) is 1.19. The van der Waals surface area contributed by atoms with Crippen LogP contribution in [0.25, 0.3) is 16.9 Å². The van der Waals surface area contributed by atoms with E-state index >= 15 is 0 Å². The minimum Gasteiger partial charge on any atom is -0.465 e. The van der Waals surface area contributed by atoms with Gasteiger partial charge in [0.05, 0.1) is 18.4 Å². The quantitative estimate of drug-likeness (QED) is 0.537. The summed E-state index contributed by atoms with van der Waals surface area (Å²) in [5.41, 5.74) is 1.14. The Balaban J connectivity index is 2.13. The van der Waals surface area contributed by atoms with Gasteiger partial charge in [-0.15, -0.1) is 5.10 Å². The van der Waals surface area contributed by atoms with Crippen molar-refractivity contribution >= 4 is 28.7 Å². The van der Waals surface area contributed by atoms with Gasteiger partial charge in [0.15, 0.2) is 5.65 Å². The summed E-state index contributed by atoms with van der Waals surface area (Å²) in [6.45, 7) is 0. The van der Waals surface area contributed by atoms with E-state index in [1.807, 2.05) is 0 Å². The second-order valence-corrected chi connectivity index (χ2v) is 4.52. The van der Waals surface area contributed by atoms with Crippen LogP contribution in [-0.4, -0.2) is 33.1 Å². The van der Waals surface area contributed by atoms with E-state index in [1.54, 1.807) is 12.1 Å². The summed E-state index contributed by atoms with van der Waals surface area (Å²) in [5.74, 6) is -1.46. The van der Waals surface area contributed by atoms with Crippen LogP contribution < -0.4 is 0 Å². The Morgan fingerprint density at radius 1 is 1.33 bits per heavy atom. The van der Waals surface area contributed by atoms with Gasteiger partial charge in [0.1, 0.15) is 16.5 Å². The molecule has 106 valence electrons. The van der Waals surface area contributed by atoms with Crippen molar-refractivity contribution in [2.24, 2.45) is 0 Å². The van der Waals surface area contributed by atoms with Crippen LogP contribution in [0.3, 0.4) is 0 Å². The van der Waals surface area contributed by atoms with Gasteiger partial charge in [-0.25, -0.2) is 14.2 Å². The van der Waals surface area contributed by atoms with E-state index < -0.39 is 11.8 Å². The Morgan fingerprint density at radius 3 is 2.86 bits per heavy atom. The smallest absolute Gasteiger partial charge is 0.340 e. The third-order valence-electron chi connectivity index (χ3n) is 2.87. The molecule has 2 heterocycles. The Kier molecular flexibility index (Phi) is 3.26. The lowest BCUT2D eigenvalue weighted by molar-refractivity contribution is 0.0595. The van der Waals surface area contributed by atoms with Crippen LogP contribution in [0, 0.1) is 5.82 Å². The van der Waals surface area contributed by atoms with Gasteiger partial charge in [0, 0.05) is 6.07 Å². The maximum atomic E-state index is 13.9. The molecule has 0 aliphatic heterocycles. The number of pyridine rings is 1. The maximum Gasteiger partial charge on any atom is 0.340 e. The number of benzene rings is 1. The van der Waals surface area contributed by atoms with E-state index in [-0.39, 0.29) is 10.7 Å². The summed E-state index contributed by atoms with van der Waals surface area (Å²) in [5, 5.41) is 8.10. The summed E-state index contributed by atoms with van der Waals surface area (Å²) in [4.78, 5) is 15.5. The lowest BCUT2D eigenvalue weighted by Gasteiger charge is -2.05. The highest BCUT2D eigenvalue weighted by Crippen LogP contribution is 2.19. The average Bonchev–Trinajstić information content (AvgIpc) is 2.89. The van der Waals surface area contributed by atoms with Gasteiger partial charge in [-0.3, -0.25) is 0 Å². The van der Waals surface area contributed by atoms with Crippen LogP contribution in [0.15, 0.2) is 30.3 Å². The normalized spacial score (nSPS) is 10.8. The number of rotatable bonds is 2. The minimum atomic E-state index is -0.747. The zero-order valence-corrected chi connectivity index (χ0v) is 11.5. The monoisotopic (exact) mass is 306 g/mol. The average molecular weight is 307 g/mol. The zero-order chi connectivity index (χ0) is 15.0. The van der Waals surface area contributed by atoms with Crippen LogP contribution >= 0.6 is 11.6 Å². The lowest BCUT2D eigenvalue weighted by Crippen LogP contribution is -2.06. The summed E-state index contributed by atoms with van der Waals surface area (Å²) >= 11 is 5.84. The number of fused-ring (bicyclic) bond motifs is 1. The number of halogens is 2. The van der Waals surface area contributed by atoms with Gasteiger partial charge in [-0.1, -0.05) is 16.8 Å². The molecule has 21 heavy (non-hydrogen) atoms. The Bertz CT molecular complexity index is 849. The van der Waals surface area contributed by atoms with Crippen molar-refractivity contribution in [3.05, 3.63) is 46.9 Å². The number of carbonyl (C=O) groups is 1. The maximum absolute atomic E-state index is 13.9. The van der Waals surface area contributed by atoms with Crippen molar-refractivity contribution in [2.45, 2.75) is 0 Å². The molecule has 0 spiro atoms. The first-order chi connectivity index (χ1) is 10.1. The van der Waals surface area contributed by atoms with Crippen LogP contribution in [0.1, 0.15) is 10.4 Å². The molecule has 0 aliphatic carbocycles. The second kappa shape index (κ2) is 5.10. The first kappa shape index (κ1) is 13.4. The minimum absolute atomic E-state index is 0.156. The van der Waals surface area contributed by atoms with Gasteiger partial charge >= 0.3 is 5.97 Å². The molecule has 3 rings (SSSR count). The predicted molar refractivity (Wildman–Crippen MR) is 73.0 cm³/mol. The SMILES string of the molecule is COC(=O)c1ccc(-n2nnc3ccc(Cl)nc32)cc1F. The van der Waals surface area contributed by atoms with Crippen LogP contribution in [0.2, 0.25) is 5.15 Å². The third-order valence-corrected chi connectivity index (χ3v) is 3.08. The van der Waals surface area contributed by atoms with E-state index in [0.717, 1.165) is 6.07 Å². The van der Waals surface area contributed by atoms with E-state index in [4.69, 9.17) is 11.6 Å². The number of nitrogens with zero attached hydrogens (tertiary/aromatic N) is 4. The van der Waals surface area contributed by atoms with E-state index in [9.17, 15) is 9.18 Å². The molecule has 2 aromatic heterocycles. The standard InChI is InChI=1S/C13H8ClFN4O2/c1-21-13(20)8-3-2-7(6-9(8)15)19-12-10(17-18-19)4-5-11(14)16-12/h2-6H,1H3. The fourth-order valence-electron chi connectivity index (χ4n) is 1.87. The van der Waals surface area contributed by atoms with Crippen molar-refractivity contribution in [2.75, 3.05) is 7.11 Å². The van der Waals surface area contributed by atoms with Gasteiger partial charge in [-0.2, -0.15) is 4.68 Å². The van der Waals surface area contributed by atoms with Gasteiger partial charge in [0.25, 0.3) is 0 Å². The first-order valence-corrected chi connectivity index (χ1v) is 6.24. The number of hydrogen-bond donors (Lipinski definition) is 0. The van der Waals surface area contributed by atoms with Crippen molar-refractivity contribution in [3.63, 3.8) is 0 Å². The highest BCUT2D eigenvalue weighted by atomic mass is 35.5. The van der Waals surface area contributed by atoms with E-state index in [2.05, 4.69) is 20.0 Å². The van der Waals surface area contributed by atoms with Crippen LogP contribution in [-0.2, 0) is 4.74 Å². The number of esters is 1. The molecule has 0 unspecified atom stereocenters. The van der Waals surface area contributed by atoms with E-state index in [1.165, 1.54) is 23.9 Å². The van der Waals surface area contributed by atoms with Crippen LogP contribution in [0.4, 0.5) is 4.39 Å². The fraction of sp³-hybridized carbons (Fsp3) is 0.0769. The largest absolute Gasteiger partial charge is 0.465 e. The molecule has 0 N–H and O–H groups in total. The molecule has 0 bridgehead atoms. The van der Waals surface area contributed by atoms with Crippen molar-refractivity contribution < 1.29 is 13.9 Å². The summed E-state index contributed by atoms with van der Waals surface area (Å²) < 4.78 is 19.8. The number of carbonyl (C=O) groups excluding carboxylic acids is 1. The molecule has 0 fully saturated rings. The number of ether oxygens (including phenoxy) is 1. The highest BCUT2D eigenvalue weighted by Gasteiger charge is 2.15. The molecule has 0 saturated heterocycles.